The lowest BCUT2D eigenvalue weighted by atomic mass is 9.84. The van der Waals surface area contributed by atoms with Crippen LogP contribution in [0, 0.1) is 5.41 Å². The standard InChI is InChI=1S/C26H30ClN3O4S/c1-26(2,3)24-16-28(11-12-29(24)25(31)32)19-5-4-6-20(14-19)35(33,34)23-15-30(18-8-9-18)22-10-7-17(27)13-21(22)23/h4-7,10,13-15,18,24H,8-9,11-12,16H2,1-3H3,(H,31,32). The Hall–Kier alpha value is -2.71. The number of hydrogen-bond donors (Lipinski definition) is 1. The van der Waals surface area contributed by atoms with Crippen LogP contribution in [-0.4, -0.2) is 54.8 Å². The molecule has 1 N–H and O–H groups in total. The van der Waals surface area contributed by atoms with Crippen molar-refractivity contribution >= 4 is 44.1 Å². The van der Waals surface area contributed by atoms with Crippen molar-refractivity contribution in [1.29, 1.82) is 0 Å². The molecule has 5 rings (SSSR count). The van der Waals surface area contributed by atoms with Crippen LogP contribution in [0.1, 0.15) is 39.7 Å². The molecule has 1 aliphatic heterocycles. The second kappa shape index (κ2) is 8.45. The third-order valence-corrected chi connectivity index (χ3v) is 9.12. The van der Waals surface area contributed by atoms with Gasteiger partial charge >= 0.3 is 6.09 Å². The van der Waals surface area contributed by atoms with E-state index in [1.54, 1.807) is 36.5 Å². The van der Waals surface area contributed by atoms with Gasteiger partial charge in [0.15, 0.2) is 0 Å². The fourth-order valence-electron chi connectivity index (χ4n) is 5.03. The summed E-state index contributed by atoms with van der Waals surface area (Å²) in [4.78, 5) is 15.9. The molecule has 1 aromatic heterocycles. The van der Waals surface area contributed by atoms with Crippen LogP contribution in [0.25, 0.3) is 10.9 Å². The van der Waals surface area contributed by atoms with Gasteiger partial charge in [0.25, 0.3) is 0 Å². The molecule has 1 unspecified atom stereocenters. The zero-order chi connectivity index (χ0) is 25.1. The molecule has 0 radical (unpaired) electrons. The van der Waals surface area contributed by atoms with Crippen LogP contribution in [0.2, 0.25) is 5.02 Å². The number of amides is 1. The zero-order valence-electron chi connectivity index (χ0n) is 20.1. The number of halogens is 1. The molecule has 2 aromatic carbocycles. The number of nitrogens with zero attached hydrogens (tertiary/aromatic N) is 3. The number of aromatic nitrogens is 1. The third-order valence-electron chi connectivity index (χ3n) is 7.11. The highest BCUT2D eigenvalue weighted by molar-refractivity contribution is 7.91. The summed E-state index contributed by atoms with van der Waals surface area (Å²) in [6, 6.07) is 12.5. The molecule has 35 heavy (non-hydrogen) atoms. The maximum Gasteiger partial charge on any atom is 0.407 e. The van der Waals surface area contributed by atoms with E-state index in [2.05, 4.69) is 9.47 Å². The van der Waals surface area contributed by atoms with Crippen LogP contribution in [0.15, 0.2) is 58.5 Å². The Kier molecular flexibility index (Phi) is 5.79. The molecule has 2 heterocycles. The number of anilines is 1. The van der Waals surface area contributed by atoms with Crippen LogP contribution in [0.3, 0.4) is 0 Å². The quantitative estimate of drug-likeness (QED) is 0.483. The van der Waals surface area contributed by atoms with Crippen LogP contribution in [-0.2, 0) is 9.84 Å². The Labute approximate surface area is 210 Å². The van der Waals surface area contributed by atoms with Crippen molar-refractivity contribution in [2.45, 2.75) is 55.5 Å². The molecule has 1 aliphatic carbocycles. The monoisotopic (exact) mass is 515 g/mol. The van der Waals surface area contributed by atoms with Gasteiger partial charge in [0.2, 0.25) is 9.84 Å². The Bertz CT molecular complexity index is 1410. The zero-order valence-corrected chi connectivity index (χ0v) is 21.7. The maximum absolute atomic E-state index is 13.9. The van der Waals surface area contributed by atoms with E-state index in [1.807, 2.05) is 32.9 Å². The van der Waals surface area contributed by atoms with E-state index in [4.69, 9.17) is 11.6 Å². The number of benzene rings is 2. The lowest BCUT2D eigenvalue weighted by molar-refractivity contribution is 0.0748. The summed E-state index contributed by atoms with van der Waals surface area (Å²) >= 11 is 6.25. The topological polar surface area (TPSA) is 82.9 Å². The first kappa shape index (κ1) is 24.0. The molecule has 3 aromatic rings. The molecule has 1 saturated carbocycles. The molecule has 7 nitrogen and oxygen atoms in total. The van der Waals surface area contributed by atoms with Crippen molar-refractivity contribution in [3.63, 3.8) is 0 Å². The molecule has 1 amide bonds. The van der Waals surface area contributed by atoms with E-state index < -0.39 is 15.9 Å². The smallest absolute Gasteiger partial charge is 0.407 e. The Balaban J connectivity index is 1.52. The SMILES string of the molecule is CC(C)(C)C1CN(c2cccc(S(=O)(=O)c3cn(C4CC4)c4ccc(Cl)cc34)c2)CCN1C(=O)O. The highest BCUT2D eigenvalue weighted by atomic mass is 35.5. The lowest BCUT2D eigenvalue weighted by Gasteiger charge is -2.46. The molecule has 9 heteroatoms. The minimum absolute atomic E-state index is 0.215. The summed E-state index contributed by atoms with van der Waals surface area (Å²) in [7, 11) is -3.81. The van der Waals surface area contributed by atoms with Crippen LogP contribution in [0.4, 0.5) is 10.5 Å². The molecule has 0 spiro atoms. The molecule has 1 saturated heterocycles. The normalized spacial score (nSPS) is 19.4. The summed E-state index contributed by atoms with van der Waals surface area (Å²) in [6.45, 7) is 7.44. The van der Waals surface area contributed by atoms with Gasteiger partial charge in [0, 0.05) is 53.5 Å². The minimum atomic E-state index is -3.81. The summed E-state index contributed by atoms with van der Waals surface area (Å²) in [5.74, 6) is 0. The van der Waals surface area contributed by atoms with Gasteiger partial charge in [-0.25, -0.2) is 13.2 Å². The van der Waals surface area contributed by atoms with Gasteiger partial charge < -0.3 is 19.5 Å². The van der Waals surface area contributed by atoms with Crippen molar-refractivity contribution in [2.75, 3.05) is 24.5 Å². The predicted octanol–water partition coefficient (Wildman–Crippen LogP) is 5.68. The molecule has 2 aliphatic rings. The molecule has 0 bridgehead atoms. The minimum Gasteiger partial charge on any atom is -0.465 e. The first-order chi connectivity index (χ1) is 16.5. The van der Waals surface area contributed by atoms with Gasteiger partial charge in [-0.3, -0.25) is 0 Å². The number of rotatable bonds is 4. The van der Waals surface area contributed by atoms with E-state index in [0.29, 0.717) is 36.1 Å². The number of piperazine rings is 1. The largest absolute Gasteiger partial charge is 0.465 e. The summed E-state index contributed by atoms with van der Waals surface area (Å²) < 4.78 is 29.8. The number of hydrogen-bond acceptors (Lipinski definition) is 4. The average Bonchev–Trinajstić information content (AvgIpc) is 3.58. The van der Waals surface area contributed by atoms with E-state index in [-0.39, 0.29) is 21.2 Å². The van der Waals surface area contributed by atoms with E-state index >= 15 is 0 Å². The highest BCUT2D eigenvalue weighted by Gasteiger charge is 2.38. The number of carboxylic acid groups (broad SMARTS) is 1. The van der Waals surface area contributed by atoms with E-state index in [9.17, 15) is 18.3 Å². The van der Waals surface area contributed by atoms with Crippen LogP contribution in [0.5, 0.6) is 0 Å². The molecule has 2 fully saturated rings. The fraction of sp³-hybridized carbons (Fsp3) is 0.423. The van der Waals surface area contributed by atoms with Crippen LogP contribution >= 0.6 is 11.6 Å². The molecular weight excluding hydrogens is 486 g/mol. The predicted molar refractivity (Wildman–Crippen MR) is 137 cm³/mol. The summed E-state index contributed by atoms with van der Waals surface area (Å²) in [6.07, 6.45) is 2.91. The highest BCUT2D eigenvalue weighted by Crippen LogP contribution is 2.42. The van der Waals surface area contributed by atoms with Gasteiger partial charge in [-0.05, 0) is 54.7 Å². The van der Waals surface area contributed by atoms with Gasteiger partial charge in [0.1, 0.15) is 0 Å². The Morgan fingerprint density at radius 2 is 1.83 bits per heavy atom. The molecule has 186 valence electrons. The lowest BCUT2D eigenvalue weighted by Crippen LogP contribution is -2.59. The number of fused-ring (bicyclic) bond motifs is 1. The third kappa shape index (κ3) is 4.38. The second-order valence-corrected chi connectivity index (χ2v) is 13.0. The van der Waals surface area contributed by atoms with Crippen molar-refractivity contribution in [3.05, 3.63) is 53.7 Å². The van der Waals surface area contributed by atoms with Gasteiger partial charge in [-0.15, -0.1) is 0 Å². The Morgan fingerprint density at radius 1 is 1.09 bits per heavy atom. The van der Waals surface area contributed by atoms with Crippen molar-refractivity contribution in [2.24, 2.45) is 5.41 Å². The van der Waals surface area contributed by atoms with Gasteiger partial charge in [-0.2, -0.15) is 0 Å². The summed E-state index contributed by atoms with van der Waals surface area (Å²) in [5, 5.41) is 10.8. The molecular formula is C26H30ClN3O4S. The Morgan fingerprint density at radius 3 is 2.49 bits per heavy atom. The maximum atomic E-state index is 13.9. The first-order valence-corrected chi connectivity index (χ1v) is 13.7. The molecule has 1 atom stereocenters. The average molecular weight is 516 g/mol. The van der Waals surface area contributed by atoms with Crippen molar-refractivity contribution < 1.29 is 18.3 Å². The number of sulfone groups is 1. The van der Waals surface area contributed by atoms with Crippen molar-refractivity contribution in [1.82, 2.24) is 9.47 Å². The van der Waals surface area contributed by atoms with Gasteiger partial charge in [0.05, 0.1) is 15.8 Å². The van der Waals surface area contributed by atoms with E-state index in [1.165, 1.54) is 4.90 Å². The number of carbonyl (C=O) groups is 1. The first-order valence-electron chi connectivity index (χ1n) is 11.9. The van der Waals surface area contributed by atoms with Gasteiger partial charge in [-0.1, -0.05) is 38.4 Å². The fourth-order valence-corrected chi connectivity index (χ4v) is 6.69. The van der Waals surface area contributed by atoms with Crippen LogP contribution < -0.4 is 4.90 Å². The van der Waals surface area contributed by atoms with Crippen molar-refractivity contribution in [3.8, 4) is 0 Å². The second-order valence-electron chi connectivity index (χ2n) is 10.6. The summed E-state index contributed by atoms with van der Waals surface area (Å²) in [5.41, 5.74) is 1.39. The van der Waals surface area contributed by atoms with E-state index in [0.717, 1.165) is 24.0 Å².